The number of benzene rings is 2. The van der Waals surface area contributed by atoms with Gasteiger partial charge in [0.25, 0.3) is 0 Å². The van der Waals surface area contributed by atoms with Gasteiger partial charge < -0.3 is 19.9 Å². The van der Waals surface area contributed by atoms with Crippen LogP contribution < -0.4 is 5.73 Å². The number of imidazole rings is 1. The fourth-order valence-corrected chi connectivity index (χ4v) is 4.04. The van der Waals surface area contributed by atoms with Crippen molar-refractivity contribution in [3.05, 3.63) is 82.4 Å². The van der Waals surface area contributed by atoms with E-state index in [9.17, 15) is 27.2 Å². The number of amides is 1. The quantitative estimate of drug-likeness (QED) is 0.325. The second kappa shape index (κ2) is 9.87. The van der Waals surface area contributed by atoms with Crippen LogP contribution >= 0.6 is 0 Å². The SMILES string of the molecule is CCOC(=O)c1ncn2c1CN(C(=O)C[C@H](N)Cc1cc(F)c(F)cc1F)Cc1ccc(F)cc1-2. The number of ether oxygens (including phenoxy) is 1. The fourth-order valence-electron chi connectivity index (χ4n) is 4.04. The average molecular weight is 490 g/mol. The van der Waals surface area contributed by atoms with Gasteiger partial charge in [0.1, 0.15) is 18.0 Å². The van der Waals surface area contributed by atoms with Crippen LogP contribution in [0.25, 0.3) is 5.69 Å². The maximum absolute atomic E-state index is 14.0. The zero-order valence-corrected chi connectivity index (χ0v) is 18.7. The van der Waals surface area contributed by atoms with Crippen LogP contribution in [0, 0.1) is 23.3 Å². The van der Waals surface area contributed by atoms with Crippen molar-refractivity contribution in [2.24, 2.45) is 5.73 Å². The van der Waals surface area contributed by atoms with E-state index in [1.807, 2.05) is 0 Å². The second-order valence-electron chi connectivity index (χ2n) is 8.18. The molecule has 184 valence electrons. The summed E-state index contributed by atoms with van der Waals surface area (Å²) in [7, 11) is 0. The number of halogens is 4. The van der Waals surface area contributed by atoms with E-state index in [4.69, 9.17) is 10.5 Å². The van der Waals surface area contributed by atoms with Crippen LogP contribution in [-0.2, 0) is 29.0 Å². The number of fused-ring (bicyclic) bond motifs is 3. The van der Waals surface area contributed by atoms with Gasteiger partial charge in [0.05, 0.1) is 24.5 Å². The minimum absolute atomic E-state index is 0.00471. The molecular formula is C24H22F4N4O3. The van der Waals surface area contributed by atoms with Crippen molar-refractivity contribution >= 4 is 11.9 Å². The Hall–Kier alpha value is -3.73. The highest BCUT2D eigenvalue weighted by Gasteiger charge is 2.29. The van der Waals surface area contributed by atoms with Crippen molar-refractivity contribution < 1.29 is 31.9 Å². The molecule has 0 fully saturated rings. The second-order valence-corrected chi connectivity index (χ2v) is 8.18. The summed E-state index contributed by atoms with van der Waals surface area (Å²) in [6.45, 7) is 1.80. The molecule has 1 aliphatic heterocycles. The maximum atomic E-state index is 14.0. The number of nitrogens with two attached hydrogens (primary N) is 1. The monoisotopic (exact) mass is 490 g/mol. The molecule has 1 aliphatic rings. The molecule has 0 aliphatic carbocycles. The Bertz CT molecular complexity index is 1290. The van der Waals surface area contributed by atoms with E-state index in [0.717, 1.165) is 6.07 Å². The van der Waals surface area contributed by atoms with Gasteiger partial charge >= 0.3 is 5.97 Å². The van der Waals surface area contributed by atoms with Crippen LogP contribution in [0.2, 0.25) is 0 Å². The highest BCUT2D eigenvalue weighted by atomic mass is 19.2. The Labute approximate surface area is 198 Å². The lowest BCUT2D eigenvalue weighted by atomic mass is 10.0. The molecular weight excluding hydrogens is 468 g/mol. The zero-order valence-electron chi connectivity index (χ0n) is 18.7. The lowest BCUT2D eigenvalue weighted by Gasteiger charge is -2.23. The highest BCUT2D eigenvalue weighted by molar-refractivity contribution is 5.89. The van der Waals surface area contributed by atoms with Crippen molar-refractivity contribution in [2.75, 3.05) is 6.61 Å². The summed E-state index contributed by atoms with van der Waals surface area (Å²) >= 11 is 0. The summed E-state index contributed by atoms with van der Waals surface area (Å²) < 4.78 is 61.3. The number of hydrogen-bond donors (Lipinski definition) is 1. The molecule has 3 aromatic rings. The molecule has 35 heavy (non-hydrogen) atoms. The molecule has 1 aromatic heterocycles. The van der Waals surface area contributed by atoms with Crippen molar-refractivity contribution in [3.8, 4) is 5.69 Å². The van der Waals surface area contributed by atoms with Gasteiger partial charge in [0, 0.05) is 25.1 Å². The van der Waals surface area contributed by atoms with E-state index in [2.05, 4.69) is 4.98 Å². The molecule has 0 saturated heterocycles. The van der Waals surface area contributed by atoms with Crippen molar-refractivity contribution in [1.29, 1.82) is 0 Å². The summed E-state index contributed by atoms with van der Waals surface area (Å²) in [4.78, 5) is 31.1. The number of rotatable bonds is 6. The van der Waals surface area contributed by atoms with E-state index >= 15 is 0 Å². The number of esters is 1. The predicted octanol–water partition coefficient (Wildman–Crippen LogP) is 3.41. The molecule has 0 radical (unpaired) electrons. The zero-order chi connectivity index (χ0) is 25.3. The lowest BCUT2D eigenvalue weighted by molar-refractivity contribution is -0.132. The van der Waals surface area contributed by atoms with Crippen LogP contribution in [0.5, 0.6) is 0 Å². The number of aromatic nitrogens is 2. The van der Waals surface area contributed by atoms with E-state index < -0.39 is 41.2 Å². The summed E-state index contributed by atoms with van der Waals surface area (Å²) in [5, 5.41) is 0. The van der Waals surface area contributed by atoms with E-state index in [-0.39, 0.29) is 43.8 Å². The van der Waals surface area contributed by atoms with Gasteiger partial charge in [0.15, 0.2) is 17.3 Å². The molecule has 1 atom stereocenters. The Balaban J connectivity index is 1.60. The van der Waals surface area contributed by atoms with Crippen LogP contribution in [0.1, 0.15) is 40.7 Å². The van der Waals surface area contributed by atoms with Gasteiger partial charge in [-0.1, -0.05) is 6.07 Å². The Kier molecular flexibility index (Phi) is 6.88. The van der Waals surface area contributed by atoms with E-state index in [1.165, 1.54) is 34.0 Å². The Morgan fingerprint density at radius 2 is 1.83 bits per heavy atom. The summed E-state index contributed by atoms with van der Waals surface area (Å²) in [5.74, 6) is -5.10. The predicted molar refractivity (Wildman–Crippen MR) is 116 cm³/mol. The van der Waals surface area contributed by atoms with Gasteiger partial charge in [-0.15, -0.1) is 0 Å². The number of carbonyl (C=O) groups excluding carboxylic acids is 2. The fraction of sp³-hybridized carbons (Fsp3) is 0.292. The third-order valence-electron chi connectivity index (χ3n) is 5.70. The highest BCUT2D eigenvalue weighted by Crippen LogP contribution is 2.28. The first-order chi connectivity index (χ1) is 16.7. The standard InChI is InChI=1S/C24H22F4N4O3/c1-2-35-24(34)23-21-11-31(10-13-3-4-15(25)7-20(13)32(21)12-30-23)22(33)8-16(29)5-14-6-18(27)19(28)9-17(14)26/h3-4,6-7,9,12,16H,2,5,8,10-11,29H2,1H3/t16-/m1/s1. The molecule has 0 spiro atoms. The third-order valence-corrected chi connectivity index (χ3v) is 5.70. The molecule has 0 saturated carbocycles. The number of hydrogen-bond acceptors (Lipinski definition) is 5. The molecule has 7 nitrogen and oxygen atoms in total. The molecule has 0 bridgehead atoms. The van der Waals surface area contributed by atoms with Crippen LogP contribution in [0.4, 0.5) is 17.6 Å². The van der Waals surface area contributed by atoms with Gasteiger partial charge in [-0.05, 0) is 42.7 Å². The van der Waals surface area contributed by atoms with Gasteiger partial charge in [-0.25, -0.2) is 27.3 Å². The molecule has 0 unspecified atom stereocenters. The number of carbonyl (C=O) groups is 2. The summed E-state index contributed by atoms with van der Waals surface area (Å²) in [6.07, 6.45) is 0.930. The van der Waals surface area contributed by atoms with Crippen LogP contribution in [0.15, 0.2) is 36.7 Å². The largest absolute Gasteiger partial charge is 0.461 e. The smallest absolute Gasteiger partial charge is 0.358 e. The van der Waals surface area contributed by atoms with Crippen LogP contribution in [-0.4, -0.2) is 39.0 Å². The van der Waals surface area contributed by atoms with Crippen molar-refractivity contribution in [3.63, 3.8) is 0 Å². The Morgan fingerprint density at radius 1 is 1.09 bits per heavy atom. The molecule has 11 heteroatoms. The third kappa shape index (κ3) is 5.04. The first-order valence-corrected chi connectivity index (χ1v) is 10.9. The maximum Gasteiger partial charge on any atom is 0.358 e. The molecule has 1 amide bonds. The van der Waals surface area contributed by atoms with Gasteiger partial charge in [0.2, 0.25) is 5.91 Å². The van der Waals surface area contributed by atoms with Crippen LogP contribution in [0.3, 0.4) is 0 Å². The topological polar surface area (TPSA) is 90.5 Å². The molecule has 2 heterocycles. The Morgan fingerprint density at radius 3 is 2.57 bits per heavy atom. The van der Waals surface area contributed by atoms with Crippen molar-refractivity contribution in [2.45, 2.75) is 38.9 Å². The first kappa shape index (κ1) is 24.4. The van der Waals surface area contributed by atoms with E-state index in [0.29, 0.717) is 23.0 Å². The molecule has 2 aromatic carbocycles. The van der Waals surface area contributed by atoms with Crippen molar-refractivity contribution in [1.82, 2.24) is 14.5 Å². The molecule has 2 N–H and O–H groups in total. The first-order valence-electron chi connectivity index (χ1n) is 10.9. The normalized spacial score (nSPS) is 13.6. The van der Waals surface area contributed by atoms with E-state index in [1.54, 1.807) is 6.92 Å². The lowest BCUT2D eigenvalue weighted by Crippen LogP contribution is -2.36. The summed E-state index contributed by atoms with van der Waals surface area (Å²) in [6, 6.07) is 4.32. The minimum atomic E-state index is -1.32. The average Bonchev–Trinajstić information content (AvgIpc) is 3.14. The molecule has 4 rings (SSSR count). The minimum Gasteiger partial charge on any atom is -0.461 e. The van der Waals surface area contributed by atoms with Gasteiger partial charge in [-0.2, -0.15) is 0 Å². The number of nitrogens with zero attached hydrogens (tertiary/aromatic N) is 3. The van der Waals surface area contributed by atoms with Gasteiger partial charge in [-0.3, -0.25) is 4.79 Å². The summed E-state index contributed by atoms with van der Waals surface area (Å²) in [5.41, 5.74) is 7.25.